The molecule has 9 heteroatoms. The van der Waals surface area contributed by atoms with Crippen molar-refractivity contribution in [3.05, 3.63) is 28.8 Å². The minimum Gasteiger partial charge on any atom is -0.328 e. The Labute approximate surface area is 132 Å². The van der Waals surface area contributed by atoms with Crippen LogP contribution in [0.4, 0.5) is 13.2 Å². The first kappa shape index (κ1) is 17.5. The number of hydrogen-bond acceptors (Lipinski definition) is 3. The van der Waals surface area contributed by atoms with E-state index < -0.39 is 32.7 Å². The average Bonchev–Trinajstić information content (AvgIpc) is 2.36. The standard InChI is InChI=1S/C13H16ClF3N2O2S/c1-8-6-10(18)4-5-19(8)22(20,21)12-3-2-9(14)7-11(12)13(15,16)17/h2-3,7-8,10H,4-6,18H2,1H3/t8-,10-/m0/s1. The highest BCUT2D eigenvalue weighted by atomic mass is 35.5. The summed E-state index contributed by atoms with van der Waals surface area (Å²) in [5.41, 5.74) is 4.52. The van der Waals surface area contributed by atoms with Gasteiger partial charge in [0, 0.05) is 23.7 Å². The molecule has 0 saturated carbocycles. The fourth-order valence-corrected chi connectivity index (χ4v) is 4.64. The molecule has 0 spiro atoms. The number of nitrogens with zero attached hydrogens (tertiary/aromatic N) is 1. The fourth-order valence-electron chi connectivity index (χ4n) is 2.62. The molecule has 0 unspecified atom stereocenters. The first-order chi connectivity index (χ1) is 10.0. The Bertz CT molecular complexity index is 664. The number of halogens is 4. The summed E-state index contributed by atoms with van der Waals surface area (Å²) >= 11 is 5.58. The summed E-state index contributed by atoms with van der Waals surface area (Å²) in [5.74, 6) is 0. The van der Waals surface area contributed by atoms with Gasteiger partial charge in [0.1, 0.15) is 0 Å². The summed E-state index contributed by atoms with van der Waals surface area (Å²) in [6.45, 7) is 1.74. The van der Waals surface area contributed by atoms with Gasteiger partial charge in [0.2, 0.25) is 10.0 Å². The molecule has 2 atom stereocenters. The first-order valence-corrected chi connectivity index (χ1v) is 8.49. The third-order valence-electron chi connectivity index (χ3n) is 3.69. The summed E-state index contributed by atoms with van der Waals surface area (Å²) in [6, 6.07) is 2.08. The molecule has 0 aromatic heterocycles. The zero-order chi connectivity index (χ0) is 16.7. The molecule has 1 aromatic carbocycles. The largest absolute Gasteiger partial charge is 0.417 e. The summed E-state index contributed by atoms with van der Waals surface area (Å²) < 4.78 is 65.7. The quantitative estimate of drug-likeness (QED) is 0.886. The smallest absolute Gasteiger partial charge is 0.328 e. The lowest BCUT2D eigenvalue weighted by molar-refractivity contribution is -0.139. The summed E-state index contributed by atoms with van der Waals surface area (Å²) in [5, 5.41) is -0.167. The number of benzene rings is 1. The van der Waals surface area contributed by atoms with Gasteiger partial charge in [0.05, 0.1) is 10.5 Å². The van der Waals surface area contributed by atoms with Crippen LogP contribution < -0.4 is 5.73 Å². The zero-order valence-corrected chi connectivity index (χ0v) is 13.3. The third-order valence-corrected chi connectivity index (χ3v) is 6.00. The van der Waals surface area contributed by atoms with Crippen LogP contribution in [0.25, 0.3) is 0 Å². The minimum atomic E-state index is -4.80. The molecule has 0 amide bonds. The maximum Gasteiger partial charge on any atom is 0.417 e. The molecular weight excluding hydrogens is 341 g/mol. The van der Waals surface area contributed by atoms with Crippen LogP contribution in [0, 0.1) is 0 Å². The molecule has 2 rings (SSSR count). The van der Waals surface area contributed by atoms with Crippen LogP contribution in [-0.2, 0) is 16.2 Å². The summed E-state index contributed by atoms with van der Waals surface area (Å²) in [4.78, 5) is -0.772. The maximum atomic E-state index is 13.1. The first-order valence-electron chi connectivity index (χ1n) is 6.67. The molecule has 124 valence electrons. The Hall–Kier alpha value is -0.830. The number of sulfonamides is 1. The summed E-state index contributed by atoms with van der Waals surface area (Å²) in [6.07, 6.45) is -3.98. The highest BCUT2D eigenvalue weighted by Crippen LogP contribution is 2.38. The van der Waals surface area contributed by atoms with E-state index in [9.17, 15) is 21.6 Å². The van der Waals surface area contributed by atoms with Gasteiger partial charge in [0.25, 0.3) is 0 Å². The van der Waals surface area contributed by atoms with Gasteiger partial charge in [-0.15, -0.1) is 0 Å². The number of nitrogens with two attached hydrogens (primary N) is 1. The molecule has 1 saturated heterocycles. The molecule has 22 heavy (non-hydrogen) atoms. The van der Waals surface area contributed by atoms with Crippen LogP contribution in [0.15, 0.2) is 23.1 Å². The second-order valence-electron chi connectivity index (χ2n) is 5.39. The van der Waals surface area contributed by atoms with Gasteiger partial charge in [-0.1, -0.05) is 11.6 Å². The topological polar surface area (TPSA) is 63.4 Å². The summed E-state index contributed by atoms with van der Waals surface area (Å²) in [7, 11) is -4.27. The fraction of sp³-hybridized carbons (Fsp3) is 0.538. The lowest BCUT2D eigenvalue weighted by Crippen LogP contribution is -2.48. The van der Waals surface area contributed by atoms with Crippen LogP contribution in [0.1, 0.15) is 25.3 Å². The van der Waals surface area contributed by atoms with Gasteiger partial charge in [-0.2, -0.15) is 17.5 Å². The van der Waals surface area contributed by atoms with E-state index in [4.69, 9.17) is 17.3 Å². The molecule has 0 bridgehead atoms. The van der Waals surface area contributed by atoms with Gasteiger partial charge >= 0.3 is 6.18 Å². The van der Waals surface area contributed by atoms with Crippen LogP contribution in [0.3, 0.4) is 0 Å². The lowest BCUT2D eigenvalue weighted by atomic mass is 10.0. The van der Waals surface area contributed by atoms with Gasteiger partial charge in [-0.3, -0.25) is 0 Å². The SMILES string of the molecule is C[C@H]1C[C@@H](N)CCN1S(=O)(=O)c1ccc(Cl)cc1C(F)(F)F. The third kappa shape index (κ3) is 3.40. The molecule has 0 radical (unpaired) electrons. The van der Waals surface area contributed by atoms with E-state index >= 15 is 0 Å². The van der Waals surface area contributed by atoms with Crippen molar-refractivity contribution in [1.29, 1.82) is 0 Å². The Balaban J connectivity index is 2.51. The van der Waals surface area contributed by atoms with Crippen molar-refractivity contribution in [3.8, 4) is 0 Å². The van der Waals surface area contributed by atoms with Crippen LogP contribution in [0.5, 0.6) is 0 Å². The van der Waals surface area contributed by atoms with Gasteiger partial charge in [0.15, 0.2) is 0 Å². The van der Waals surface area contributed by atoms with E-state index in [-0.39, 0.29) is 17.6 Å². The Kier molecular flexibility index (Phi) is 4.77. The van der Waals surface area contributed by atoms with Crippen molar-refractivity contribution >= 4 is 21.6 Å². The van der Waals surface area contributed by atoms with Gasteiger partial charge in [-0.25, -0.2) is 8.42 Å². The van der Waals surface area contributed by atoms with Crippen LogP contribution in [-0.4, -0.2) is 31.4 Å². The van der Waals surface area contributed by atoms with Crippen molar-refractivity contribution in [1.82, 2.24) is 4.31 Å². The van der Waals surface area contributed by atoms with E-state index in [2.05, 4.69) is 0 Å². The van der Waals surface area contributed by atoms with Crippen molar-refractivity contribution in [2.45, 2.75) is 42.9 Å². The van der Waals surface area contributed by atoms with Crippen molar-refractivity contribution in [2.75, 3.05) is 6.54 Å². The highest BCUT2D eigenvalue weighted by molar-refractivity contribution is 7.89. The monoisotopic (exact) mass is 356 g/mol. The molecule has 1 aliphatic heterocycles. The van der Waals surface area contributed by atoms with Crippen LogP contribution in [0.2, 0.25) is 5.02 Å². The number of piperidine rings is 1. The molecule has 1 aromatic rings. The molecule has 1 fully saturated rings. The van der Waals surface area contributed by atoms with E-state index in [0.717, 1.165) is 16.4 Å². The second-order valence-corrected chi connectivity index (χ2v) is 7.68. The number of alkyl halides is 3. The molecule has 1 aliphatic rings. The van der Waals surface area contributed by atoms with Crippen molar-refractivity contribution in [3.63, 3.8) is 0 Å². The van der Waals surface area contributed by atoms with E-state index in [0.29, 0.717) is 18.9 Å². The Morgan fingerprint density at radius 2 is 2.00 bits per heavy atom. The number of hydrogen-bond donors (Lipinski definition) is 1. The van der Waals surface area contributed by atoms with E-state index in [1.54, 1.807) is 6.92 Å². The van der Waals surface area contributed by atoms with Crippen molar-refractivity contribution in [2.24, 2.45) is 5.73 Å². The normalized spacial score (nSPS) is 24.5. The highest BCUT2D eigenvalue weighted by Gasteiger charge is 2.41. The van der Waals surface area contributed by atoms with E-state index in [1.165, 1.54) is 0 Å². The predicted molar refractivity (Wildman–Crippen MR) is 77.0 cm³/mol. The molecule has 1 heterocycles. The second kappa shape index (κ2) is 5.99. The molecule has 2 N–H and O–H groups in total. The van der Waals surface area contributed by atoms with Gasteiger partial charge in [-0.05, 0) is 38.0 Å². The predicted octanol–water partition coefficient (Wildman–Crippen LogP) is 2.86. The lowest BCUT2D eigenvalue weighted by Gasteiger charge is -2.35. The number of rotatable bonds is 2. The minimum absolute atomic E-state index is 0.102. The maximum absolute atomic E-state index is 13.1. The van der Waals surface area contributed by atoms with E-state index in [1.807, 2.05) is 0 Å². The average molecular weight is 357 g/mol. The zero-order valence-electron chi connectivity index (χ0n) is 11.8. The molecule has 4 nitrogen and oxygen atoms in total. The Morgan fingerprint density at radius 3 is 2.55 bits per heavy atom. The molecule has 0 aliphatic carbocycles. The van der Waals surface area contributed by atoms with Gasteiger partial charge < -0.3 is 5.73 Å². The van der Waals surface area contributed by atoms with Crippen LogP contribution >= 0.6 is 11.6 Å². The molecular formula is C13H16ClF3N2O2S. The Morgan fingerprint density at radius 1 is 1.36 bits per heavy atom. The van der Waals surface area contributed by atoms with Crippen molar-refractivity contribution < 1.29 is 21.6 Å².